The Morgan fingerprint density at radius 2 is 2.25 bits per heavy atom. The molecule has 12 heavy (non-hydrogen) atoms. The Bertz CT molecular complexity index is 361. The zero-order valence-corrected chi connectivity index (χ0v) is 8.89. The first kappa shape index (κ1) is 9.55. The van der Waals surface area contributed by atoms with E-state index in [4.69, 9.17) is 0 Å². The molecule has 0 spiro atoms. The zero-order chi connectivity index (χ0) is 7.84. The normalized spacial score (nSPS) is 9.83. The van der Waals surface area contributed by atoms with E-state index < -0.39 is 0 Å². The molecular formula is C8H8BrClN2. The number of rotatable bonds is 0. The molecule has 2 aromatic rings. The summed E-state index contributed by atoms with van der Waals surface area (Å²) >= 11 is 3.45. The Balaban J connectivity index is 0.000000720. The molecule has 0 atom stereocenters. The van der Waals surface area contributed by atoms with Crippen LogP contribution in [0.25, 0.3) is 5.65 Å². The Morgan fingerprint density at radius 1 is 1.50 bits per heavy atom. The highest BCUT2D eigenvalue weighted by Crippen LogP contribution is 2.16. The monoisotopic (exact) mass is 246 g/mol. The number of pyridine rings is 1. The lowest BCUT2D eigenvalue weighted by Gasteiger charge is -1.98. The van der Waals surface area contributed by atoms with Crippen molar-refractivity contribution in [3.8, 4) is 0 Å². The molecule has 0 N–H and O–H groups in total. The molecule has 2 aromatic heterocycles. The average molecular weight is 248 g/mol. The number of aromatic nitrogens is 2. The van der Waals surface area contributed by atoms with Gasteiger partial charge >= 0.3 is 0 Å². The molecule has 0 unspecified atom stereocenters. The quantitative estimate of drug-likeness (QED) is 0.700. The van der Waals surface area contributed by atoms with Crippen molar-refractivity contribution < 1.29 is 0 Å². The summed E-state index contributed by atoms with van der Waals surface area (Å²) < 4.78 is 3.10. The van der Waals surface area contributed by atoms with Gasteiger partial charge in [0.2, 0.25) is 0 Å². The molecular weight excluding hydrogens is 239 g/mol. The van der Waals surface area contributed by atoms with Gasteiger partial charge in [-0.05, 0) is 34.5 Å². The predicted octanol–water partition coefficient (Wildman–Crippen LogP) is 2.83. The highest BCUT2D eigenvalue weighted by Gasteiger charge is 1.97. The lowest BCUT2D eigenvalue weighted by Crippen LogP contribution is -1.85. The summed E-state index contributed by atoms with van der Waals surface area (Å²) in [6.07, 6.45) is 5.73. The van der Waals surface area contributed by atoms with E-state index >= 15 is 0 Å². The van der Waals surface area contributed by atoms with Gasteiger partial charge in [-0.2, -0.15) is 0 Å². The molecule has 2 heterocycles. The Morgan fingerprint density at radius 3 is 3.00 bits per heavy atom. The second kappa shape index (κ2) is 3.46. The topological polar surface area (TPSA) is 17.3 Å². The van der Waals surface area contributed by atoms with Gasteiger partial charge in [0, 0.05) is 23.1 Å². The predicted molar refractivity (Wildman–Crippen MR) is 54.9 cm³/mol. The molecule has 0 fully saturated rings. The van der Waals surface area contributed by atoms with Crippen LogP contribution >= 0.6 is 28.3 Å². The molecule has 2 nitrogen and oxygen atoms in total. The summed E-state index contributed by atoms with van der Waals surface area (Å²) in [7, 11) is 0. The molecule has 0 saturated carbocycles. The van der Waals surface area contributed by atoms with Crippen LogP contribution in [-0.2, 0) is 0 Å². The van der Waals surface area contributed by atoms with Gasteiger partial charge in [0.25, 0.3) is 0 Å². The van der Waals surface area contributed by atoms with Gasteiger partial charge in [-0.1, -0.05) is 0 Å². The van der Waals surface area contributed by atoms with Crippen molar-refractivity contribution in [2.24, 2.45) is 0 Å². The van der Waals surface area contributed by atoms with Crippen molar-refractivity contribution in [1.82, 2.24) is 9.38 Å². The minimum Gasteiger partial charge on any atom is -0.306 e. The summed E-state index contributed by atoms with van der Waals surface area (Å²) in [5.74, 6) is 0. The lowest BCUT2D eigenvalue weighted by atomic mass is 10.3. The number of aryl methyl sites for hydroxylation is 1. The van der Waals surface area contributed by atoms with E-state index in [0.29, 0.717) is 0 Å². The third-order valence-corrected chi connectivity index (χ3v) is 2.50. The highest BCUT2D eigenvalue weighted by molar-refractivity contribution is 9.10. The van der Waals surface area contributed by atoms with Gasteiger partial charge in [-0.25, -0.2) is 4.98 Å². The van der Waals surface area contributed by atoms with E-state index in [0.717, 1.165) is 10.1 Å². The number of halogens is 2. The van der Waals surface area contributed by atoms with Crippen LogP contribution in [0.5, 0.6) is 0 Å². The van der Waals surface area contributed by atoms with Crippen LogP contribution in [0.3, 0.4) is 0 Å². The molecule has 0 aliphatic rings. The van der Waals surface area contributed by atoms with Crippen molar-refractivity contribution in [2.75, 3.05) is 0 Å². The Kier molecular flexibility index (Phi) is 2.75. The smallest absolute Gasteiger partial charge is 0.136 e. The maximum absolute atomic E-state index is 4.16. The SMILES string of the molecule is Cc1cc2nccn2cc1Br.Cl. The van der Waals surface area contributed by atoms with Crippen LogP contribution in [0.15, 0.2) is 29.1 Å². The van der Waals surface area contributed by atoms with Crippen LogP contribution < -0.4 is 0 Å². The van der Waals surface area contributed by atoms with E-state index in [1.165, 1.54) is 5.56 Å². The third-order valence-electron chi connectivity index (χ3n) is 1.67. The summed E-state index contributed by atoms with van der Waals surface area (Å²) in [5, 5.41) is 0. The first-order valence-electron chi connectivity index (χ1n) is 3.36. The van der Waals surface area contributed by atoms with Crippen molar-refractivity contribution in [2.45, 2.75) is 6.92 Å². The molecule has 0 saturated heterocycles. The molecule has 64 valence electrons. The van der Waals surface area contributed by atoms with Gasteiger partial charge in [-0.3, -0.25) is 0 Å². The van der Waals surface area contributed by atoms with E-state index in [-0.39, 0.29) is 12.4 Å². The molecule has 4 heteroatoms. The highest BCUT2D eigenvalue weighted by atomic mass is 79.9. The van der Waals surface area contributed by atoms with Crippen LogP contribution in [0, 0.1) is 6.92 Å². The minimum absolute atomic E-state index is 0. The molecule has 0 aromatic carbocycles. The van der Waals surface area contributed by atoms with Crippen molar-refractivity contribution in [3.63, 3.8) is 0 Å². The second-order valence-electron chi connectivity index (χ2n) is 2.50. The Hall–Kier alpha value is -0.540. The summed E-state index contributed by atoms with van der Waals surface area (Å²) in [6, 6.07) is 2.05. The molecule has 0 radical (unpaired) electrons. The number of fused-ring (bicyclic) bond motifs is 1. The number of hydrogen-bond acceptors (Lipinski definition) is 1. The molecule has 2 rings (SSSR count). The molecule has 0 bridgehead atoms. The fourth-order valence-corrected chi connectivity index (χ4v) is 1.37. The largest absolute Gasteiger partial charge is 0.306 e. The fraction of sp³-hybridized carbons (Fsp3) is 0.125. The van der Waals surface area contributed by atoms with Crippen LogP contribution in [0.2, 0.25) is 0 Å². The third kappa shape index (κ3) is 1.47. The first-order chi connectivity index (χ1) is 5.27. The van der Waals surface area contributed by atoms with Crippen molar-refractivity contribution in [1.29, 1.82) is 0 Å². The standard InChI is InChI=1S/C8H7BrN2.ClH/c1-6-4-8-10-2-3-11(8)5-7(6)9;/h2-5H,1H3;1H. The van der Waals surface area contributed by atoms with Gasteiger partial charge in [-0.15, -0.1) is 12.4 Å². The summed E-state index contributed by atoms with van der Waals surface area (Å²) in [5.41, 5.74) is 2.20. The van der Waals surface area contributed by atoms with Crippen LogP contribution in [-0.4, -0.2) is 9.38 Å². The molecule has 0 aliphatic carbocycles. The number of hydrogen-bond donors (Lipinski definition) is 0. The van der Waals surface area contributed by atoms with E-state index in [1.807, 2.05) is 22.9 Å². The van der Waals surface area contributed by atoms with Gasteiger partial charge in [0.15, 0.2) is 0 Å². The number of imidazole rings is 1. The second-order valence-corrected chi connectivity index (χ2v) is 3.35. The minimum atomic E-state index is 0. The molecule has 0 aliphatic heterocycles. The van der Waals surface area contributed by atoms with Crippen molar-refractivity contribution >= 4 is 34.0 Å². The van der Waals surface area contributed by atoms with Gasteiger partial charge in [0.05, 0.1) is 0 Å². The lowest BCUT2D eigenvalue weighted by molar-refractivity contribution is 1.16. The summed E-state index contributed by atoms with van der Waals surface area (Å²) in [6.45, 7) is 2.05. The van der Waals surface area contributed by atoms with E-state index in [9.17, 15) is 0 Å². The first-order valence-corrected chi connectivity index (χ1v) is 4.15. The van der Waals surface area contributed by atoms with Gasteiger partial charge < -0.3 is 4.40 Å². The maximum Gasteiger partial charge on any atom is 0.136 e. The number of nitrogens with zero attached hydrogens (tertiary/aromatic N) is 2. The van der Waals surface area contributed by atoms with E-state index in [2.05, 4.69) is 27.8 Å². The van der Waals surface area contributed by atoms with Gasteiger partial charge in [0.1, 0.15) is 5.65 Å². The van der Waals surface area contributed by atoms with Crippen LogP contribution in [0.1, 0.15) is 5.56 Å². The van der Waals surface area contributed by atoms with Crippen LogP contribution in [0.4, 0.5) is 0 Å². The summed E-state index contributed by atoms with van der Waals surface area (Å²) in [4.78, 5) is 4.16. The maximum atomic E-state index is 4.16. The fourth-order valence-electron chi connectivity index (χ4n) is 1.03. The zero-order valence-electron chi connectivity index (χ0n) is 6.49. The van der Waals surface area contributed by atoms with Crippen molar-refractivity contribution in [3.05, 3.63) is 34.7 Å². The Labute approximate surface area is 85.2 Å². The van der Waals surface area contributed by atoms with E-state index in [1.54, 1.807) is 6.20 Å². The molecule has 0 amide bonds. The average Bonchev–Trinajstić information content (AvgIpc) is 2.36.